The summed E-state index contributed by atoms with van der Waals surface area (Å²) in [6.45, 7) is 5.22. The predicted octanol–water partition coefficient (Wildman–Crippen LogP) is 2.99. The Kier molecular flexibility index (Phi) is 5.29. The van der Waals surface area contributed by atoms with Crippen LogP contribution in [0.5, 0.6) is 0 Å². The van der Waals surface area contributed by atoms with E-state index >= 15 is 0 Å². The Morgan fingerprint density at radius 2 is 1.70 bits per heavy atom. The fourth-order valence-electron chi connectivity index (χ4n) is 2.32. The summed E-state index contributed by atoms with van der Waals surface area (Å²) in [5.74, 6) is -0.785. The van der Waals surface area contributed by atoms with Gasteiger partial charge in [-0.3, -0.25) is 0 Å². The molecular weight excluding hydrogens is 275 g/mol. The standard InChI is InChI=1S/C13H22F3NO3/c1-12(2,3)20-11(19)17-9-6-4-8(5-7-9)10(18)13(14,15)16/h8-10,18H,4-7H2,1-3H3,(H,17,19)/t8-,9-,10?. The summed E-state index contributed by atoms with van der Waals surface area (Å²) in [6.07, 6.45) is -6.10. The maximum absolute atomic E-state index is 12.4. The van der Waals surface area contributed by atoms with E-state index in [4.69, 9.17) is 4.74 Å². The van der Waals surface area contributed by atoms with Gasteiger partial charge in [-0.2, -0.15) is 13.2 Å². The first kappa shape index (κ1) is 17.1. The molecule has 1 aliphatic carbocycles. The van der Waals surface area contributed by atoms with Gasteiger partial charge in [0.1, 0.15) is 5.60 Å². The van der Waals surface area contributed by atoms with E-state index in [-0.39, 0.29) is 18.9 Å². The van der Waals surface area contributed by atoms with Crippen LogP contribution in [-0.4, -0.2) is 35.1 Å². The molecule has 1 saturated carbocycles. The number of carbonyl (C=O) groups excluding carboxylic acids is 1. The lowest BCUT2D eigenvalue weighted by Gasteiger charge is -2.33. The quantitative estimate of drug-likeness (QED) is 0.823. The molecule has 0 aliphatic heterocycles. The van der Waals surface area contributed by atoms with E-state index in [2.05, 4.69) is 5.32 Å². The minimum Gasteiger partial charge on any atom is -0.444 e. The van der Waals surface area contributed by atoms with E-state index in [0.29, 0.717) is 12.8 Å². The van der Waals surface area contributed by atoms with Crippen LogP contribution in [0.25, 0.3) is 0 Å². The minimum atomic E-state index is -4.57. The average Bonchev–Trinajstić information content (AvgIpc) is 2.25. The summed E-state index contributed by atoms with van der Waals surface area (Å²) in [4.78, 5) is 11.5. The van der Waals surface area contributed by atoms with Crippen LogP contribution < -0.4 is 5.32 Å². The summed E-state index contributed by atoms with van der Waals surface area (Å²) in [7, 11) is 0. The van der Waals surface area contributed by atoms with Crippen LogP contribution in [0.2, 0.25) is 0 Å². The second kappa shape index (κ2) is 6.20. The average molecular weight is 297 g/mol. The van der Waals surface area contributed by atoms with Crippen molar-refractivity contribution in [2.24, 2.45) is 5.92 Å². The molecule has 0 bridgehead atoms. The molecule has 0 saturated heterocycles. The van der Waals surface area contributed by atoms with Crippen molar-refractivity contribution < 1.29 is 27.8 Å². The van der Waals surface area contributed by atoms with Crippen LogP contribution in [0.4, 0.5) is 18.0 Å². The van der Waals surface area contributed by atoms with Gasteiger partial charge in [-0.15, -0.1) is 0 Å². The van der Waals surface area contributed by atoms with Crippen LogP contribution in [-0.2, 0) is 4.74 Å². The third kappa shape index (κ3) is 5.56. The monoisotopic (exact) mass is 297 g/mol. The van der Waals surface area contributed by atoms with Gasteiger partial charge in [-0.1, -0.05) is 0 Å². The van der Waals surface area contributed by atoms with E-state index in [1.165, 1.54) is 0 Å². The number of alkyl halides is 3. The molecule has 1 aliphatic rings. The van der Waals surface area contributed by atoms with Crippen LogP contribution in [0, 0.1) is 5.92 Å². The topological polar surface area (TPSA) is 58.6 Å². The molecule has 1 amide bonds. The summed E-state index contributed by atoms with van der Waals surface area (Å²) in [5, 5.41) is 11.8. The van der Waals surface area contributed by atoms with Gasteiger partial charge in [0.25, 0.3) is 0 Å². The molecule has 2 N–H and O–H groups in total. The first-order valence-electron chi connectivity index (χ1n) is 6.73. The van der Waals surface area contributed by atoms with Gasteiger partial charge in [0, 0.05) is 6.04 Å². The van der Waals surface area contributed by atoms with E-state index in [1.807, 2.05) is 0 Å². The summed E-state index contributed by atoms with van der Waals surface area (Å²) in [5.41, 5.74) is -0.603. The molecule has 0 aromatic heterocycles. The molecule has 0 radical (unpaired) electrons. The molecule has 4 nitrogen and oxygen atoms in total. The van der Waals surface area contributed by atoms with Gasteiger partial charge in [-0.25, -0.2) is 4.79 Å². The summed E-state index contributed by atoms with van der Waals surface area (Å²) < 4.78 is 42.3. The van der Waals surface area contributed by atoms with Gasteiger partial charge < -0.3 is 15.2 Å². The first-order chi connectivity index (χ1) is 8.99. The SMILES string of the molecule is CC(C)(C)OC(=O)N[C@H]1CC[C@H](C(O)C(F)(F)F)CC1. The predicted molar refractivity (Wildman–Crippen MR) is 67.2 cm³/mol. The molecule has 1 fully saturated rings. The van der Waals surface area contributed by atoms with Gasteiger partial charge in [-0.05, 0) is 52.4 Å². The molecule has 0 aromatic rings. The number of nitrogens with one attached hydrogen (secondary N) is 1. The van der Waals surface area contributed by atoms with Crippen molar-refractivity contribution >= 4 is 6.09 Å². The number of rotatable bonds is 2. The lowest BCUT2D eigenvalue weighted by molar-refractivity contribution is -0.222. The second-order valence-corrected chi connectivity index (χ2v) is 6.24. The van der Waals surface area contributed by atoms with E-state index < -0.39 is 29.9 Å². The Labute approximate surface area is 116 Å². The van der Waals surface area contributed by atoms with E-state index in [0.717, 1.165) is 0 Å². The molecule has 0 aromatic carbocycles. The number of aliphatic hydroxyl groups is 1. The van der Waals surface area contributed by atoms with Gasteiger partial charge >= 0.3 is 12.3 Å². The van der Waals surface area contributed by atoms with Crippen LogP contribution >= 0.6 is 0 Å². The smallest absolute Gasteiger partial charge is 0.414 e. The number of carbonyl (C=O) groups is 1. The van der Waals surface area contributed by atoms with Crippen molar-refractivity contribution in [1.82, 2.24) is 5.32 Å². The Balaban J connectivity index is 2.38. The Hall–Kier alpha value is -0.980. The molecule has 1 unspecified atom stereocenters. The number of halogens is 3. The van der Waals surface area contributed by atoms with Crippen LogP contribution in [0.15, 0.2) is 0 Å². The minimum absolute atomic E-state index is 0.193. The number of alkyl carbamates (subject to hydrolysis) is 1. The highest BCUT2D eigenvalue weighted by Crippen LogP contribution is 2.34. The van der Waals surface area contributed by atoms with Crippen molar-refractivity contribution in [3.8, 4) is 0 Å². The van der Waals surface area contributed by atoms with Crippen molar-refractivity contribution in [2.75, 3.05) is 0 Å². The molecule has 20 heavy (non-hydrogen) atoms. The second-order valence-electron chi connectivity index (χ2n) is 6.24. The van der Waals surface area contributed by atoms with Crippen molar-refractivity contribution in [1.29, 1.82) is 0 Å². The number of aliphatic hydroxyl groups excluding tert-OH is 1. The molecule has 1 rings (SSSR count). The molecular formula is C13H22F3NO3. The lowest BCUT2D eigenvalue weighted by Crippen LogP contribution is -2.44. The lowest BCUT2D eigenvalue weighted by atomic mass is 9.82. The molecule has 1 atom stereocenters. The highest BCUT2D eigenvalue weighted by atomic mass is 19.4. The van der Waals surface area contributed by atoms with Crippen molar-refractivity contribution in [2.45, 2.75) is 70.4 Å². The third-order valence-electron chi connectivity index (χ3n) is 3.27. The Bertz CT molecular complexity index is 331. The van der Waals surface area contributed by atoms with Crippen LogP contribution in [0.1, 0.15) is 46.5 Å². The zero-order chi connectivity index (χ0) is 15.6. The first-order valence-corrected chi connectivity index (χ1v) is 6.73. The Morgan fingerprint density at radius 3 is 2.10 bits per heavy atom. The zero-order valence-electron chi connectivity index (χ0n) is 12.0. The summed E-state index contributed by atoms with van der Waals surface area (Å²) >= 11 is 0. The third-order valence-corrected chi connectivity index (χ3v) is 3.27. The molecule has 118 valence electrons. The number of hydrogen-bond donors (Lipinski definition) is 2. The highest BCUT2D eigenvalue weighted by Gasteiger charge is 2.44. The van der Waals surface area contributed by atoms with Crippen molar-refractivity contribution in [3.05, 3.63) is 0 Å². The molecule has 7 heteroatoms. The van der Waals surface area contributed by atoms with Gasteiger partial charge in [0.2, 0.25) is 0 Å². The van der Waals surface area contributed by atoms with Gasteiger partial charge in [0.15, 0.2) is 6.10 Å². The largest absolute Gasteiger partial charge is 0.444 e. The van der Waals surface area contributed by atoms with E-state index in [1.54, 1.807) is 20.8 Å². The van der Waals surface area contributed by atoms with E-state index in [9.17, 15) is 23.1 Å². The Morgan fingerprint density at radius 1 is 1.20 bits per heavy atom. The maximum atomic E-state index is 12.4. The fraction of sp³-hybridized carbons (Fsp3) is 0.923. The number of ether oxygens (including phenoxy) is 1. The number of amides is 1. The van der Waals surface area contributed by atoms with Crippen LogP contribution in [0.3, 0.4) is 0 Å². The highest BCUT2D eigenvalue weighted by molar-refractivity contribution is 5.68. The zero-order valence-corrected chi connectivity index (χ0v) is 12.0. The van der Waals surface area contributed by atoms with Gasteiger partial charge in [0.05, 0.1) is 0 Å². The molecule has 0 spiro atoms. The summed E-state index contributed by atoms with van der Waals surface area (Å²) in [6, 6.07) is -0.193. The fourth-order valence-corrected chi connectivity index (χ4v) is 2.32. The number of hydrogen-bond acceptors (Lipinski definition) is 3. The normalized spacial score (nSPS) is 25.9. The molecule has 0 heterocycles. The van der Waals surface area contributed by atoms with Crippen molar-refractivity contribution in [3.63, 3.8) is 0 Å². The maximum Gasteiger partial charge on any atom is 0.414 e.